The Hall–Kier alpha value is -2.10. The standard InChI is InChI=1S/C20H23F2N3O3S/c21-16-6-4-14(12-17(16)22)20-18(8-11-28-20)24-19-7-5-15(13-23-19)29(26,27)25-9-2-1-3-10-25/h4-7,12-13,18,20H,1-3,8-11H2,(H,23,24). The Morgan fingerprint density at radius 3 is 2.55 bits per heavy atom. The number of pyridine rings is 1. The van der Waals surface area contributed by atoms with Gasteiger partial charge in [0.15, 0.2) is 11.6 Å². The van der Waals surface area contributed by atoms with Crippen molar-refractivity contribution in [2.75, 3.05) is 25.0 Å². The minimum atomic E-state index is -3.53. The number of aromatic nitrogens is 1. The van der Waals surface area contributed by atoms with Gasteiger partial charge >= 0.3 is 0 Å². The molecule has 4 rings (SSSR count). The van der Waals surface area contributed by atoms with Gasteiger partial charge in [0, 0.05) is 25.9 Å². The number of piperidine rings is 1. The second-order valence-corrected chi connectivity index (χ2v) is 9.29. The summed E-state index contributed by atoms with van der Waals surface area (Å²) >= 11 is 0. The van der Waals surface area contributed by atoms with Crippen molar-refractivity contribution in [2.45, 2.75) is 42.7 Å². The van der Waals surface area contributed by atoms with Crippen molar-refractivity contribution in [3.8, 4) is 0 Å². The molecule has 2 aromatic rings. The Kier molecular flexibility index (Phi) is 5.80. The highest BCUT2D eigenvalue weighted by Crippen LogP contribution is 2.32. The second-order valence-electron chi connectivity index (χ2n) is 7.35. The molecule has 0 saturated carbocycles. The summed E-state index contributed by atoms with van der Waals surface area (Å²) < 4.78 is 59.4. The average molecular weight is 423 g/mol. The zero-order valence-corrected chi connectivity index (χ0v) is 16.7. The first-order chi connectivity index (χ1) is 13.9. The zero-order valence-electron chi connectivity index (χ0n) is 15.9. The molecule has 2 aliphatic rings. The maximum Gasteiger partial charge on any atom is 0.244 e. The quantitative estimate of drug-likeness (QED) is 0.797. The predicted octanol–water partition coefficient (Wildman–Crippen LogP) is 3.48. The number of nitrogens with one attached hydrogen (secondary N) is 1. The molecular formula is C20H23F2N3O3S. The smallest absolute Gasteiger partial charge is 0.244 e. The fourth-order valence-corrected chi connectivity index (χ4v) is 5.28. The number of benzene rings is 1. The van der Waals surface area contributed by atoms with Crippen molar-refractivity contribution >= 4 is 15.8 Å². The molecule has 0 bridgehead atoms. The van der Waals surface area contributed by atoms with E-state index in [4.69, 9.17) is 4.74 Å². The van der Waals surface area contributed by atoms with Crippen LogP contribution in [-0.2, 0) is 14.8 Å². The average Bonchev–Trinajstić information content (AvgIpc) is 3.19. The Bertz CT molecular complexity index is 963. The summed E-state index contributed by atoms with van der Waals surface area (Å²) in [4.78, 5) is 4.43. The van der Waals surface area contributed by atoms with Crippen LogP contribution in [0.3, 0.4) is 0 Å². The summed E-state index contributed by atoms with van der Waals surface area (Å²) in [7, 11) is -3.53. The minimum Gasteiger partial charge on any atom is -0.371 e. The normalized spacial score (nSPS) is 23.2. The van der Waals surface area contributed by atoms with Crippen molar-refractivity contribution in [3.05, 3.63) is 53.7 Å². The van der Waals surface area contributed by atoms with Gasteiger partial charge in [0.1, 0.15) is 16.8 Å². The molecule has 0 spiro atoms. The van der Waals surface area contributed by atoms with Gasteiger partial charge in [-0.25, -0.2) is 22.2 Å². The van der Waals surface area contributed by atoms with E-state index in [2.05, 4.69) is 10.3 Å². The van der Waals surface area contributed by atoms with Crippen molar-refractivity contribution in [1.29, 1.82) is 0 Å². The van der Waals surface area contributed by atoms with Crippen LogP contribution in [0.5, 0.6) is 0 Å². The van der Waals surface area contributed by atoms with Crippen molar-refractivity contribution < 1.29 is 21.9 Å². The molecule has 2 fully saturated rings. The number of nitrogens with zero attached hydrogens (tertiary/aromatic N) is 2. The molecule has 2 aliphatic heterocycles. The van der Waals surface area contributed by atoms with Gasteiger partial charge in [-0.1, -0.05) is 12.5 Å². The number of rotatable bonds is 5. The van der Waals surface area contributed by atoms with Crippen LogP contribution in [-0.4, -0.2) is 43.4 Å². The second kappa shape index (κ2) is 8.33. The Morgan fingerprint density at radius 2 is 1.86 bits per heavy atom. The molecule has 1 N–H and O–H groups in total. The van der Waals surface area contributed by atoms with E-state index in [1.54, 1.807) is 12.1 Å². The van der Waals surface area contributed by atoms with Gasteiger partial charge in [0.25, 0.3) is 0 Å². The summed E-state index contributed by atoms with van der Waals surface area (Å²) in [5.41, 5.74) is 0.545. The number of halogens is 2. The molecule has 1 aromatic heterocycles. The third kappa shape index (κ3) is 4.26. The first kappa shape index (κ1) is 20.2. The summed E-state index contributed by atoms with van der Waals surface area (Å²) in [5.74, 6) is -1.31. The molecule has 29 heavy (non-hydrogen) atoms. The number of ether oxygens (including phenoxy) is 1. The predicted molar refractivity (Wildman–Crippen MR) is 104 cm³/mol. The molecule has 2 unspecified atom stereocenters. The number of sulfonamides is 1. The fourth-order valence-electron chi connectivity index (χ4n) is 3.82. The largest absolute Gasteiger partial charge is 0.371 e. The van der Waals surface area contributed by atoms with E-state index in [-0.39, 0.29) is 10.9 Å². The minimum absolute atomic E-state index is 0.171. The summed E-state index contributed by atoms with van der Waals surface area (Å²) in [6, 6.07) is 6.71. The first-order valence-corrected chi connectivity index (χ1v) is 11.2. The zero-order chi connectivity index (χ0) is 20.4. The van der Waals surface area contributed by atoms with E-state index in [1.807, 2.05) is 0 Å². The lowest BCUT2D eigenvalue weighted by atomic mass is 10.0. The van der Waals surface area contributed by atoms with Gasteiger partial charge in [-0.3, -0.25) is 0 Å². The molecule has 0 radical (unpaired) electrons. The van der Waals surface area contributed by atoms with Crippen LogP contribution < -0.4 is 5.32 Å². The third-order valence-corrected chi connectivity index (χ3v) is 7.27. The van der Waals surface area contributed by atoms with E-state index >= 15 is 0 Å². The van der Waals surface area contributed by atoms with Gasteiger partial charge in [-0.2, -0.15) is 4.31 Å². The number of hydrogen-bond donors (Lipinski definition) is 1. The van der Waals surface area contributed by atoms with E-state index < -0.39 is 27.8 Å². The van der Waals surface area contributed by atoms with Gasteiger partial charge in [0.2, 0.25) is 10.0 Å². The molecular weight excluding hydrogens is 400 g/mol. The lowest BCUT2D eigenvalue weighted by Crippen LogP contribution is -2.35. The molecule has 0 amide bonds. The van der Waals surface area contributed by atoms with Gasteiger partial charge in [-0.05, 0) is 49.1 Å². The van der Waals surface area contributed by atoms with E-state index in [1.165, 1.54) is 16.6 Å². The first-order valence-electron chi connectivity index (χ1n) is 9.74. The number of anilines is 1. The summed E-state index contributed by atoms with van der Waals surface area (Å²) in [6.07, 6.45) is 4.38. The van der Waals surface area contributed by atoms with Crippen LogP contribution in [0.25, 0.3) is 0 Å². The molecule has 6 nitrogen and oxygen atoms in total. The van der Waals surface area contributed by atoms with Crippen molar-refractivity contribution in [1.82, 2.24) is 9.29 Å². The van der Waals surface area contributed by atoms with Crippen LogP contribution in [0.1, 0.15) is 37.4 Å². The van der Waals surface area contributed by atoms with Crippen LogP contribution in [0, 0.1) is 11.6 Å². The monoisotopic (exact) mass is 423 g/mol. The highest BCUT2D eigenvalue weighted by molar-refractivity contribution is 7.89. The Balaban J connectivity index is 1.47. The summed E-state index contributed by atoms with van der Waals surface area (Å²) in [6.45, 7) is 1.55. The van der Waals surface area contributed by atoms with Crippen LogP contribution in [0.15, 0.2) is 41.4 Å². The molecule has 1 aromatic carbocycles. The van der Waals surface area contributed by atoms with Crippen LogP contribution >= 0.6 is 0 Å². The van der Waals surface area contributed by atoms with E-state index in [0.717, 1.165) is 31.4 Å². The molecule has 2 atom stereocenters. The van der Waals surface area contributed by atoms with Gasteiger partial charge in [-0.15, -0.1) is 0 Å². The maximum atomic E-state index is 13.6. The Morgan fingerprint density at radius 1 is 1.07 bits per heavy atom. The molecule has 2 saturated heterocycles. The van der Waals surface area contributed by atoms with Crippen molar-refractivity contribution in [2.24, 2.45) is 0 Å². The van der Waals surface area contributed by atoms with Gasteiger partial charge < -0.3 is 10.1 Å². The van der Waals surface area contributed by atoms with Gasteiger partial charge in [0.05, 0.1) is 6.04 Å². The summed E-state index contributed by atoms with van der Waals surface area (Å²) in [5, 5.41) is 3.22. The maximum absolute atomic E-state index is 13.6. The van der Waals surface area contributed by atoms with Crippen LogP contribution in [0.2, 0.25) is 0 Å². The van der Waals surface area contributed by atoms with E-state index in [0.29, 0.717) is 37.5 Å². The molecule has 0 aliphatic carbocycles. The third-order valence-electron chi connectivity index (χ3n) is 5.39. The molecule has 156 valence electrons. The SMILES string of the molecule is O=S(=O)(c1ccc(NC2CCOC2c2ccc(F)c(F)c2)nc1)N1CCCCC1. The fraction of sp³-hybridized carbons (Fsp3) is 0.450. The highest BCUT2D eigenvalue weighted by atomic mass is 32.2. The number of hydrogen-bond acceptors (Lipinski definition) is 5. The topological polar surface area (TPSA) is 71.5 Å². The molecule has 3 heterocycles. The molecule has 9 heteroatoms. The van der Waals surface area contributed by atoms with Crippen molar-refractivity contribution in [3.63, 3.8) is 0 Å². The Labute approximate surface area is 168 Å². The van der Waals surface area contributed by atoms with Crippen LogP contribution in [0.4, 0.5) is 14.6 Å². The van der Waals surface area contributed by atoms with E-state index in [9.17, 15) is 17.2 Å². The lowest BCUT2D eigenvalue weighted by molar-refractivity contribution is 0.107. The highest BCUT2D eigenvalue weighted by Gasteiger charge is 2.31. The lowest BCUT2D eigenvalue weighted by Gasteiger charge is -2.26.